The molecule has 0 amide bonds. The van der Waals surface area contributed by atoms with E-state index < -0.39 is 10.1 Å². The van der Waals surface area contributed by atoms with Gasteiger partial charge < -0.3 is 5.21 Å². The molecular weight excluding hydrogens is 290 g/mol. The van der Waals surface area contributed by atoms with Crippen molar-refractivity contribution in [2.45, 2.75) is 24.8 Å². The molecule has 0 fully saturated rings. The molecule has 0 aliphatic carbocycles. The molecule has 2 aromatic carbocycles. The van der Waals surface area contributed by atoms with Crippen LogP contribution in [0.3, 0.4) is 0 Å². The van der Waals surface area contributed by atoms with Crippen LogP contribution in [0.25, 0.3) is 0 Å². The van der Waals surface area contributed by atoms with Crippen molar-refractivity contribution < 1.29 is 18.2 Å². The van der Waals surface area contributed by atoms with Gasteiger partial charge in [-0.2, -0.15) is 13.9 Å². The summed E-state index contributed by atoms with van der Waals surface area (Å²) in [6.07, 6.45) is 0. The summed E-state index contributed by atoms with van der Waals surface area (Å²) in [5, 5.41) is 8.54. The molecule has 3 N–H and O–H groups in total. The number of hydroxylamine groups is 1. The fraction of sp³-hybridized carbons (Fsp3) is 0.200. The lowest BCUT2D eigenvalue weighted by Gasteiger charge is -2.07. The van der Waals surface area contributed by atoms with Crippen molar-refractivity contribution in [1.82, 2.24) is 5.48 Å². The van der Waals surface area contributed by atoms with E-state index in [-0.39, 0.29) is 10.9 Å². The zero-order chi connectivity index (χ0) is 15.9. The molecule has 0 aliphatic rings. The van der Waals surface area contributed by atoms with Gasteiger partial charge in [0.15, 0.2) is 0 Å². The molecule has 21 heavy (non-hydrogen) atoms. The zero-order valence-electron chi connectivity index (χ0n) is 11.9. The van der Waals surface area contributed by atoms with Gasteiger partial charge >= 0.3 is 0 Å². The van der Waals surface area contributed by atoms with Crippen LogP contribution in [0.1, 0.15) is 24.1 Å². The third-order valence-electron chi connectivity index (χ3n) is 2.81. The van der Waals surface area contributed by atoms with Crippen LogP contribution in [0.4, 0.5) is 0 Å². The molecule has 6 heteroatoms. The van der Waals surface area contributed by atoms with Gasteiger partial charge in [0.25, 0.3) is 10.1 Å². The number of hydrogen-bond donors (Lipinski definition) is 3. The summed E-state index contributed by atoms with van der Waals surface area (Å²) in [7, 11) is -4.02. The zero-order valence-corrected chi connectivity index (χ0v) is 12.7. The summed E-state index contributed by atoms with van der Waals surface area (Å²) in [5.41, 5.74) is 4.23. The van der Waals surface area contributed by atoms with Gasteiger partial charge in [-0.15, -0.1) is 0 Å². The van der Waals surface area contributed by atoms with E-state index >= 15 is 0 Å². The second-order valence-electron chi connectivity index (χ2n) is 4.55. The van der Waals surface area contributed by atoms with Crippen molar-refractivity contribution in [3.05, 3.63) is 65.7 Å². The van der Waals surface area contributed by atoms with E-state index in [9.17, 15) is 8.42 Å². The quantitative estimate of drug-likeness (QED) is 0.599. The van der Waals surface area contributed by atoms with Gasteiger partial charge in [0.05, 0.1) is 10.9 Å². The predicted octanol–water partition coefficient (Wildman–Crippen LogP) is 2.97. The van der Waals surface area contributed by atoms with Crippen LogP contribution in [0, 0.1) is 6.92 Å². The van der Waals surface area contributed by atoms with Crippen molar-refractivity contribution in [2.24, 2.45) is 0 Å². The van der Waals surface area contributed by atoms with E-state index in [1.54, 1.807) is 12.1 Å². The second-order valence-corrected chi connectivity index (χ2v) is 5.97. The average molecular weight is 309 g/mol. The highest BCUT2D eigenvalue weighted by atomic mass is 32.2. The van der Waals surface area contributed by atoms with Crippen molar-refractivity contribution in [3.8, 4) is 0 Å². The molecule has 0 spiro atoms. The Hall–Kier alpha value is -1.73. The van der Waals surface area contributed by atoms with Crippen LogP contribution in [-0.4, -0.2) is 18.2 Å². The highest BCUT2D eigenvalue weighted by molar-refractivity contribution is 7.85. The molecule has 2 aromatic rings. The Morgan fingerprint density at radius 1 is 1.00 bits per heavy atom. The Morgan fingerprint density at radius 3 is 1.95 bits per heavy atom. The normalized spacial score (nSPS) is 12.2. The van der Waals surface area contributed by atoms with Crippen molar-refractivity contribution in [2.75, 3.05) is 0 Å². The van der Waals surface area contributed by atoms with Crippen LogP contribution in [0.15, 0.2) is 59.5 Å². The number of hydrogen-bond acceptors (Lipinski definition) is 4. The van der Waals surface area contributed by atoms with Gasteiger partial charge in [0.2, 0.25) is 0 Å². The maximum absolute atomic E-state index is 10.5. The third kappa shape index (κ3) is 6.05. The molecule has 0 bridgehead atoms. The molecule has 0 heterocycles. The van der Waals surface area contributed by atoms with Crippen LogP contribution in [-0.2, 0) is 10.1 Å². The van der Waals surface area contributed by atoms with E-state index in [0.717, 1.165) is 11.1 Å². The highest BCUT2D eigenvalue weighted by Gasteiger charge is 2.06. The summed E-state index contributed by atoms with van der Waals surface area (Å²) in [6.45, 7) is 3.74. The summed E-state index contributed by atoms with van der Waals surface area (Å²) < 4.78 is 29.6. The molecule has 0 aromatic heterocycles. The minimum absolute atomic E-state index is 0.0150. The van der Waals surface area contributed by atoms with Crippen LogP contribution >= 0.6 is 0 Å². The fourth-order valence-electron chi connectivity index (χ4n) is 1.53. The van der Waals surface area contributed by atoms with Crippen molar-refractivity contribution in [3.63, 3.8) is 0 Å². The Kier molecular flexibility index (Phi) is 6.51. The first-order valence-corrected chi connectivity index (χ1v) is 7.77. The molecule has 114 valence electrons. The van der Waals surface area contributed by atoms with E-state index in [0.29, 0.717) is 0 Å². The predicted molar refractivity (Wildman–Crippen MR) is 80.8 cm³/mol. The Balaban J connectivity index is 0.000000211. The monoisotopic (exact) mass is 309 g/mol. The Morgan fingerprint density at radius 2 is 1.52 bits per heavy atom. The highest BCUT2D eigenvalue weighted by Crippen LogP contribution is 2.09. The third-order valence-corrected chi connectivity index (χ3v) is 3.68. The van der Waals surface area contributed by atoms with Gasteiger partial charge in [0, 0.05) is 0 Å². The van der Waals surface area contributed by atoms with Crippen LogP contribution in [0.5, 0.6) is 0 Å². The van der Waals surface area contributed by atoms with Gasteiger partial charge in [-0.05, 0) is 31.5 Å². The average Bonchev–Trinajstić information content (AvgIpc) is 2.47. The van der Waals surface area contributed by atoms with E-state index in [4.69, 9.17) is 9.76 Å². The molecule has 5 nitrogen and oxygen atoms in total. The van der Waals surface area contributed by atoms with Gasteiger partial charge in [-0.25, -0.2) is 0 Å². The first kappa shape index (κ1) is 17.3. The molecule has 0 unspecified atom stereocenters. The maximum Gasteiger partial charge on any atom is 0.294 e. The first-order valence-electron chi connectivity index (χ1n) is 6.33. The van der Waals surface area contributed by atoms with Gasteiger partial charge in [0.1, 0.15) is 0 Å². The molecule has 2 rings (SSSR count). The lowest BCUT2D eigenvalue weighted by molar-refractivity contribution is 0.133. The van der Waals surface area contributed by atoms with Crippen LogP contribution in [0.2, 0.25) is 0 Å². The Bertz CT molecular complexity index is 639. The molecule has 0 radical (unpaired) electrons. The second kappa shape index (κ2) is 7.90. The number of aryl methyl sites for hydroxylation is 1. The molecule has 0 aliphatic heterocycles. The summed E-state index contributed by atoms with van der Waals surface area (Å²) >= 11 is 0. The fourth-order valence-corrected chi connectivity index (χ4v) is 2.01. The lowest BCUT2D eigenvalue weighted by Crippen LogP contribution is -2.12. The number of nitrogens with one attached hydrogen (secondary N) is 1. The van der Waals surface area contributed by atoms with Gasteiger partial charge in [-0.1, -0.05) is 48.0 Å². The maximum atomic E-state index is 10.5. The van der Waals surface area contributed by atoms with E-state index in [1.165, 1.54) is 12.1 Å². The Labute approximate surface area is 125 Å². The topological polar surface area (TPSA) is 86.6 Å². The SMILES string of the molecule is C[C@H](NO)c1ccccc1.Cc1ccc(S(=O)(=O)O)cc1. The number of rotatable bonds is 3. The lowest BCUT2D eigenvalue weighted by atomic mass is 10.1. The summed E-state index contributed by atoms with van der Waals surface area (Å²) in [6, 6.07) is 15.8. The summed E-state index contributed by atoms with van der Waals surface area (Å²) in [5.74, 6) is 0. The minimum atomic E-state index is -4.02. The standard InChI is InChI=1S/C8H11NO.C7H8O3S/c1-7(9-10)8-5-3-2-4-6-8;1-6-2-4-7(5-3-6)11(8,9)10/h2-7,9-10H,1H3;2-5H,1H3,(H,8,9,10)/t7-;/m0./s1. The number of benzene rings is 2. The molecular formula is C15H19NO4S. The van der Waals surface area contributed by atoms with Crippen LogP contribution < -0.4 is 5.48 Å². The van der Waals surface area contributed by atoms with E-state index in [1.807, 2.05) is 44.2 Å². The smallest absolute Gasteiger partial charge is 0.294 e. The summed E-state index contributed by atoms with van der Waals surface area (Å²) in [4.78, 5) is -0.0666. The molecule has 1 atom stereocenters. The largest absolute Gasteiger partial charge is 0.316 e. The van der Waals surface area contributed by atoms with Crippen molar-refractivity contribution >= 4 is 10.1 Å². The van der Waals surface area contributed by atoms with E-state index in [2.05, 4.69) is 5.48 Å². The first-order chi connectivity index (χ1) is 9.84. The van der Waals surface area contributed by atoms with Crippen molar-refractivity contribution in [1.29, 1.82) is 0 Å². The molecule has 0 saturated carbocycles. The minimum Gasteiger partial charge on any atom is -0.316 e. The molecule has 0 saturated heterocycles. The van der Waals surface area contributed by atoms with Gasteiger partial charge in [-0.3, -0.25) is 4.55 Å².